The lowest BCUT2D eigenvalue weighted by Gasteiger charge is -2.33. The summed E-state index contributed by atoms with van der Waals surface area (Å²) >= 11 is 0. The molecule has 2 fully saturated rings. The normalized spacial score (nSPS) is 24.0. The van der Waals surface area contributed by atoms with Crippen LogP contribution in [0.3, 0.4) is 0 Å². The zero-order valence-corrected chi connectivity index (χ0v) is 20.0. The van der Waals surface area contributed by atoms with Crippen molar-refractivity contribution in [1.82, 2.24) is 14.8 Å². The van der Waals surface area contributed by atoms with E-state index in [9.17, 15) is 14.4 Å². The van der Waals surface area contributed by atoms with Gasteiger partial charge >= 0.3 is 6.03 Å². The summed E-state index contributed by atoms with van der Waals surface area (Å²) in [5, 5.41) is 2.92. The molecule has 34 heavy (non-hydrogen) atoms. The molecule has 0 unspecified atom stereocenters. The van der Waals surface area contributed by atoms with Crippen molar-refractivity contribution in [2.45, 2.75) is 64.1 Å². The fraction of sp³-hybridized carbons (Fsp3) is 0.500. The largest absolute Gasteiger partial charge is 0.497 e. The lowest BCUT2D eigenvalue weighted by atomic mass is 9.76. The maximum Gasteiger partial charge on any atom is 0.325 e. The first-order valence-electron chi connectivity index (χ1n) is 12.0. The zero-order valence-electron chi connectivity index (χ0n) is 20.0. The van der Waals surface area contributed by atoms with Crippen molar-refractivity contribution in [3.63, 3.8) is 0 Å². The van der Waals surface area contributed by atoms with Gasteiger partial charge < -0.3 is 19.4 Å². The minimum atomic E-state index is -1.12. The van der Waals surface area contributed by atoms with Crippen molar-refractivity contribution in [3.8, 4) is 5.75 Å². The number of benzene rings is 1. The summed E-state index contributed by atoms with van der Waals surface area (Å²) in [6, 6.07) is 6.92. The Morgan fingerprint density at radius 2 is 2.06 bits per heavy atom. The molecule has 0 bridgehead atoms. The fourth-order valence-corrected chi connectivity index (χ4v) is 5.71. The molecular formula is C26H31N3O5. The summed E-state index contributed by atoms with van der Waals surface area (Å²) < 4.78 is 13.2. The van der Waals surface area contributed by atoms with Crippen molar-refractivity contribution >= 4 is 17.7 Å². The molecule has 8 heteroatoms. The van der Waals surface area contributed by atoms with E-state index in [-0.39, 0.29) is 24.3 Å². The maximum atomic E-state index is 13.6. The van der Waals surface area contributed by atoms with E-state index >= 15 is 0 Å². The van der Waals surface area contributed by atoms with Gasteiger partial charge in [0, 0.05) is 30.1 Å². The Balaban J connectivity index is 1.38. The average molecular weight is 466 g/mol. The number of Topliss-reactive ketones (excluding diaryl/α,β-unsaturated/α-hetero) is 1. The van der Waals surface area contributed by atoms with E-state index in [2.05, 4.69) is 9.88 Å². The molecule has 5 rings (SSSR count). The van der Waals surface area contributed by atoms with Crippen LogP contribution in [0, 0.1) is 13.8 Å². The predicted octanol–water partition coefficient (Wildman–Crippen LogP) is 3.26. The molecule has 3 heterocycles. The first-order valence-corrected chi connectivity index (χ1v) is 12.0. The third-order valence-corrected chi connectivity index (χ3v) is 7.53. The number of methoxy groups -OCH3 is 1. The molecule has 2 aromatic rings. The van der Waals surface area contributed by atoms with Gasteiger partial charge in [0.15, 0.2) is 5.78 Å². The first kappa shape index (κ1) is 22.7. The number of amides is 3. The summed E-state index contributed by atoms with van der Waals surface area (Å²) in [6.45, 7) is 5.08. The summed E-state index contributed by atoms with van der Waals surface area (Å²) in [6.07, 6.45) is 4.31. The van der Waals surface area contributed by atoms with Gasteiger partial charge in [-0.2, -0.15) is 0 Å². The topological polar surface area (TPSA) is 89.9 Å². The Morgan fingerprint density at radius 1 is 1.24 bits per heavy atom. The molecule has 180 valence electrons. The van der Waals surface area contributed by atoms with E-state index in [4.69, 9.17) is 9.47 Å². The van der Waals surface area contributed by atoms with Crippen LogP contribution in [0.15, 0.2) is 24.3 Å². The predicted molar refractivity (Wildman–Crippen MR) is 125 cm³/mol. The summed E-state index contributed by atoms with van der Waals surface area (Å²) in [5.74, 6) is 0.126. The monoisotopic (exact) mass is 465 g/mol. The average Bonchev–Trinajstić information content (AvgIpc) is 3.50. The fourth-order valence-electron chi connectivity index (χ4n) is 5.71. The Bertz CT molecular complexity index is 1160. The number of aromatic nitrogens is 1. The van der Waals surface area contributed by atoms with Crippen molar-refractivity contribution < 1.29 is 23.9 Å². The second kappa shape index (κ2) is 8.58. The second-order valence-corrected chi connectivity index (χ2v) is 9.56. The Labute approximate surface area is 199 Å². The van der Waals surface area contributed by atoms with Crippen LogP contribution >= 0.6 is 0 Å². The van der Waals surface area contributed by atoms with Crippen LogP contribution in [0.5, 0.6) is 5.75 Å². The molecule has 1 aromatic heterocycles. The molecule has 8 nitrogen and oxygen atoms in total. The Morgan fingerprint density at radius 3 is 2.79 bits per heavy atom. The van der Waals surface area contributed by atoms with Crippen LogP contribution in [0.4, 0.5) is 4.79 Å². The maximum absolute atomic E-state index is 13.6. The highest BCUT2D eigenvalue weighted by Crippen LogP contribution is 2.41. The Hall–Kier alpha value is -3.13. The van der Waals surface area contributed by atoms with Gasteiger partial charge in [-0.1, -0.05) is 6.07 Å². The van der Waals surface area contributed by atoms with Gasteiger partial charge in [0.25, 0.3) is 5.91 Å². The number of carbonyl (C=O) groups is 3. The lowest BCUT2D eigenvalue weighted by molar-refractivity contribution is -0.131. The number of fused-ring (bicyclic) bond motifs is 2. The highest BCUT2D eigenvalue weighted by Gasteiger charge is 2.54. The highest BCUT2D eigenvalue weighted by molar-refractivity contribution is 6.12. The molecular weight excluding hydrogens is 434 g/mol. The molecule has 3 amide bonds. The first-order chi connectivity index (χ1) is 16.3. The van der Waals surface area contributed by atoms with Crippen molar-refractivity contribution in [2.24, 2.45) is 0 Å². The SMILES string of the molecule is COc1ccc2c(c1)CCC[C@@]21NC(=O)N(CC(=O)c2cc(C)n(C[C@H]3CCCO3)c2C)C1=O. The van der Waals surface area contributed by atoms with E-state index < -0.39 is 11.6 Å². The summed E-state index contributed by atoms with van der Waals surface area (Å²) in [4.78, 5) is 40.9. The second-order valence-electron chi connectivity index (χ2n) is 9.56. The van der Waals surface area contributed by atoms with Gasteiger partial charge in [0.2, 0.25) is 0 Å². The number of nitrogens with zero attached hydrogens (tertiary/aromatic N) is 2. The molecule has 2 saturated heterocycles. The molecule has 1 aromatic carbocycles. The van der Waals surface area contributed by atoms with E-state index in [0.717, 1.165) is 65.5 Å². The smallest absolute Gasteiger partial charge is 0.325 e. The molecule has 1 spiro atoms. The molecule has 0 saturated carbocycles. The van der Waals surface area contributed by atoms with Crippen LogP contribution < -0.4 is 10.1 Å². The van der Waals surface area contributed by atoms with Crippen LogP contribution in [0.1, 0.15) is 58.6 Å². The minimum absolute atomic E-state index is 0.156. The summed E-state index contributed by atoms with van der Waals surface area (Å²) in [5.41, 5.74) is 3.03. The highest BCUT2D eigenvalue weighted by atomic mass is 16.5. The number of carbonyl (C=O) groups excluding carboxylic acids is 3. The number of aryl methyl sites for hydroxylation is 2. The van der Waals surface area contributed by atoms with E-state index in [1.807, 2.05) is 38.1 Å². The van der Waals surface area contributed by atoms with Gasteiger partial charge in [0.1, 0.15) is 11.3 Å². The van der Waals surface area contributed by atoms with Gasteiger partial charge in [-0.3, -0.25) is 14.5 Å². The molecule has 2 aliphatic heterocycles. The number of ether oxygens (including phenoxy) is 2. The minimum Gasteiger partial charge on any atom is -0.497 e. The third kappa shape index (κ3) is 3.60. The number of ketones is 1. The number of hydrogen-bond acceptors (Lipinski definition) is 5. The standard InChI is InChI=1S/C26H31N3O5/c1-16-12-21(17(2)28(16)14-20-7-5-11-34-20)23(30)15-29-24(31)26(27-25(29)32)10-4-6-18-13-19(33-3)8-9-22(18)26/h8-9,12-13,20H,4-7,10-11,14-15H2,1-3H3,(H,27,32)/t20-,26-/m1/s1. The van der Waals surface area contributed by atoms with E-state index in [1.54, 1.807) is 7.11 Å². The van der Waals surface area contributed by atoms with Gasteiger partial charge in [-0.25, -0.2) is 4.79 Å². The lowest BCUT2D eigenvalue weighted by Crippen LogP contribution is -2.46. The van der Waals surface area contributed by atoms with E-state index in [1.165, 1.54) is 0 Å². The summed E-state index contributed by atoms with van der Waals surface area (Å²) in [7, 11) is 1.61. The van der Waals surface area contributed by atoms with E-state index in [0.29, 0.717) is 18.5 Å². The number of imide groups is 1. The zero-order chi connectivity index (χ0) is 24.0. The van der Waals surface area contributed by atoms with Crippen molar-refractivity contribution in [1.29, 1.82) is 0 Å². The molecule has 1 N–H and O–H groups in total. The van der Waals surface area contributed by atoms with Crippen LogP contribution in [0.25, 0.3) is 0 Å². The van der Waals surface area contributed by atoms with Crippen molar-refractivity contribution in [3.05, 3.63) is 52.3 Å². The molecule has 3 aliphatic rings. The number of nitrogens with one attached hydrogen (secondary N) is 1. The number of urea groups is 1. The molecule has 2 atom stereocenters. The molecule has 1 aliphatic carbocycles. The molecule has 0 radical (unpaired) electrons. The van der Waals surface area contributed by atoms with Crippen LogP contribution in [-0.4, -0.2) is 53.6 Å². The van der Waals surface area contributed by atoms with Crippen LogP contribution in [-0.2, 0) is 28.0 Å². The number of hydrogen-bond donors (Lipinski definition) is 1. The van der Waals surface area contributed by atoms with Gasteiger partial charge in [0.05, 0.1) is 19.8 Å². The van der Waals surface area contributed by atoms with Gasteiger partial charge in [-0.05, 0) is 75.3 Å². The van der Waals surface area contributed by atoms with Gasteiger partial charge in [-0.15, -0.1) is 0 Å². The quantitative estimate of drug-likeness (QED) is 0.523. The third-order valence-electron chi connectivity index (χ3n) is 7.53. The Kier molecular flexibility index (Phi) is 5.72. The number of rotatable bonds is 6. The van der Waals surface area contributed by atoms with Crippen molar-refractivity contribution in [2.75, 3.05) is 20.3 Å². The van der Waals surface area contributed by atoms with Crippen LogP contribution in [0.2, 0.25) is 0 Å².